The maximum atomic E-state index is 7.56. The summed E-state index contributed by atoms with van der Waals surface area (Å²) in [7, 11) is 0. The van der Waals surface area contributed by atoms with Gasteiger partial charge in [-0.15, -0.1) is 0 Å². The van der Waals surface area contributed by atoms with E-state index in [0.717, 1.165) is 22.3 Å². The van der Waals surface area contributed by atoms with Crippen LogP contribution in [-0.4, -0.2) is 26.6 Å². The van der Waals surface area contributed by atoms with E-state index >= 15 is 0 Å². The molecule has 2 aromatic heterocycles. The van der Waals surface area contributed by atoms with Crippen LogP contribution < -0.4 is 11.5 Å². The van der Waals surface area contributed by atoms with Crippen LogP contribution in [0.5, 0.6) is 0 Å². The number of nitrogens with one attached hydrogen (secondary N) is 3. The molecule has 2 heterocycles. The molecule has 0 radical (unpaired) electrons. The Balaban J connectivity index is 1.72. The largest absolute Gasteiger partial charge is 0.384 e. The predicted molar refractivity (Wildman–Crippen MR) is 107 cm³/mol. The summed E-state index contributed by atoms with van der Waals surface area (Å²) in [6.07, 6.45) is 0. The highest BCUT2D eigenvalue weighted by Gasteiger charge is 2.10. The summed E-state index contributed by atoms with van der Waals surface area (Å²) in [5, 5.41) is 15.0. The highest BCUT2D eigenvalue weighted by Crippen LogP contribution is 2.24. The van der Waals surface area contributed by atoms with Crippen LogP contribution in [-0.2, 0) is 0 Å². The fraction of sp³-hybridized carbons (Fsp3) is 0. The molecule has 0 bridgehead atoms. The molecule has 0 unspecified atom stereocenters. The Hall–Kier alpha value is -4.00. The molecular formula is C20H17N7. The molecule has 0 atom stereocenters. The lowest BCUT2D eigenvalue weighted by molar-refractivity contribution is 1.24. The fourth-order valence-corrected chi connectivity index (χ4v) is 2.85. The Morgan fingerprint density at radius 3 is 2.15 bits per heavy atom. The zero-order chi connectivity index (χ0) is 19.0. The monoisotopic (exact) mass is 355 g/mol. The van der Waals surface area contributed by atoms with Gasteiger partial charge in [-0.1, -0.05) is 30.3 Å². The Morgan fingerprint density at radius 1 is 0.778 bits per heavy atom. The number of imidazole rings is 1. The van der Waals surface area contributed by atoms with Crippen molar-refractivity contribution in [1.29, 1.82) is 10.8 Å². The van der Waals surface area contributed by atoms with Crippen LogP contribution in [0.15, 0.2) is 60.7 Å². The average molecular weight is 355 g/mol. The molecule has 27 heavy (non-hydrogen) atoms. The van der Waals surface area contributed by atoms with Crippen molar-refractivity contribution in [3.63, 3.8) is 0 Å². The molecule has 0 aliphatic carbocycles. The Labute approximate surface area is 155 Å². The lowest BCUT2D eigenvalue weighted by Gasteiger charge is -2.04. The zero-order valence-electron chi connectivity index (χ0n) is 14.3. The van der Waals surface area contributed by atoms with Gasteiger partial charge in [-0.25, -0.2) is 9.97 Å². The third-order valence-electron chi connectivity index (χ3n) is 4.28. The van der Waals surface area contributed by atoms with Crippen molar-refractivity contribution in [2.45, 2.75) is 0 Å². The number of amidine groups is 2. The number of hydrogen-bond donors (Lipinski definition) is 5. The van der Waals surface area contributed by atoms with E-state index in [2.05, 4.69) is 9.97 Å². The minimum absolute atomic E-state index is 0.0159. The summed E-state index contributed by atoms with van der Waals surface area (Å²) >= 11 is 0. The molecular weight excluding hydrogens is 338 g/mol. The van der Waals surface area contributed by atoms with E-state index in [0.29, 0.717) is 22.6 Å². The van der Waals surface area contributed by atoms with Gasteiger partial charge in [0.2, 0.25) is 0 Å². The highest BCUT2D eigenvalue weighted by molar-refractivity contribution is 5.98. The molecule has 0 spiro atoms. The van der Waals surface area contributed by atoms with E-state index in [-0.39, 0.29) is 11.7 Å². The minimum atomic E-state index is 0.0159. The van der Waals surface area contributed by atoms with Gasteiger partial charge in [0.05, 0.1) is 16.7 Å². The summed E-state index contributed by atoms with van der Waals surface area (Å²) in [6.45, 7) is 0. The van der Waals surface area contributed by atoms with Crippen LogP contribution in [0.25, 0.3) is 33.8 Å². The first-order chi connectivity index (χ1) is 13.0. The number of aromatic nitrogens is 3. The summed E-state index contributed by atoms with van der Waals surface area (Å²) in [6, 6.07) is 18.5. The van der Waals surface area contributed by atoms with E-state index in [1.165, 1.54) is 0 Å². The number of rotatable bonds is 4. The number of pyridine rings is 1. The summed E-state index contributed by atoms with van der Waals surface area (Å²) in [5.41, 5.74) is 16.4. The van der Waals surface area contributed by atoms with Crippen LogP contribution in [0.1, 0.15) is 11.1 Å². The first kappa shape index (κ1) is 16.5. The van der Waals surface area contributed by atoms with Gasteiger partial charge in [-0.05, 0) is 30.3 Å². The summed E-state index contributed by atoms with van der Waals surface area (Å²) < 4.78 is 0. The topological polar surface area (TPSA) is 141 Å². The lowest BCUT2D eigenvalue weighted by Crippen LogP contribution is -2.10. The Bertz CT molecular complexity index is 1170. The van der Waals surface area contributed by atoms with Gasteiger partial charge in [-0.3, -0.25) is 10.8 Å². The second-order valence-electron chi connectivity index (χ2n) is 6.13. The number of fused-ring (bicyclic) bond motifs is 1. The molecule has 4 aromatic rings. The molecule has 132 valence electrons. The smallest absolute Gasteiger partial charge is 0.157 e. The minimum Gasteiger partial charge on any atom is -0.384 e. The Morgan fingerprint density at radius 2 is 1.44 bits per heavy atom. The van der Waals surface area contributed by atoms with Crippen LogP contribution in [0.2, 0.25) is 0 Å². The fourth-order valence-electron chi connectivity index (χ4n) is 2.85. The summed E-state index contributed by atoms with van der Waals surface area (Å²) in [4.78, 5) is 12.5. The molecule has 4 rings (SSSR count). The van der Waals surface area contributed by atoms with E-state index in [4.69, 9.17) is 27.3 Å². The van der Waals surface area contributed by atoms with E-state index < -0.39 is 0 Å². The van der Waals surface area contributed by atoms with E-state index in [9.17, 15) is 0 Å². The molecule has 0 saturated heterocycles. The predicted octanol–water partition coefficient (Wildman–Crippen LogP) is 2.86. The van der Waals surface area contributed by atoms with Crippen LogP contribution in [0, 0.1) is 10.8 Å². The molecule has 0 saturated carbocycles. The maximum Gasteiger partial charge on any atom is 0.157 e. The molecule has 0 aliphatic rings. The maximum absolute atomic E-state index is 7.56. The first-order valence-corrected chi connectivity index (χ1v) is 8.28. The third kappa shape index (κ3) is 3.13. The number of hydrogen-bond acceptors (Lipinski definition) is 4. The quantitative estimate of drug-likeness (QED) is 0.283. The van der Waals surface area contributed by atoms with Crippen LogP contribution >= 0.6 is 0 Å². The summed E-state index contributed by atoms with van der Waals surface area (Å²) in [5.74, 6) is 0.700. The number of nitrogens with zero attached hydrogens (tertiary/aromatic N) is 2. The first-order valence-electron chi connectivity index (χ1n) is 8.28. The van der Waals surface area contributed by atoms with Gasteiger partial charge in [0.15, 0.2) is 5.82 Å². The van der Waals surface area contributed by atoms with Crippen LogP contribution in [0.3, 0.4) is 0 Å². The van der Waals surface area contributed by atoms with Crippen molar-refractivity contribution in [3.8, 4) is 22.8 Å². The number of benzene rings is 2. The molecule has 0 aliphatic heterocycles. The SMILES string of the molecule is N=C(N)c1ccc(-c2cccc(-c3nc4ccc(C(=N)N)cc4[nH]3)n2)cc1. The number of nitrogens with two attached hydrogens (primary N) is 2. The van der Waals surface area contributed by atoms with Crippen molar-refractivity contribution >= 4 is 22.7 Å². The van der Waals surface area contributed by atoms with E-state index in [1.54, 1.807) is 24.3 Å². The van der Waals surface area contributed by atoms with Gasteiger partial charge in [0, 0.05) is 16.7 Å². The molecule has 7 heteroatoms. The molecule has 7 N–H and O–H groups in total. The van der Waals surface area contributed by atoms with Gasteiger partial charge >= 0.3 is 0 Å². The number of aromatic amines is 1. The van der Waals surface area contributed by atoms with Crippen LogP contribution in [0.4, 0.5) is 0 Å². The molecule has 2 aromatic carbocycles. The standard InChI is InChI=1S/C20H17N7/c21-18(22)12-6-4-11(5-7-12)14-2-1-3-16(25-14)20-26-15-9-8-13(19(23)24)10-17(15)27-20/h1-10H,(H3,21,22)(H3,23,24)(H,26,27). The average Bonchev–Trinajstić information content (AvgIpc) is 3.11. The van der Waals surface area contributed by atoms with Gasteiger partial charge in [0.1, 0.15) is 17.4 Å². The zero-order valence-corrected chi connectivity index (χ0v) is 14.3. The molecule has 0 amide bonds. The second kappa shape index (κ2) is 6.38. The van der Waals surface area contributed by atoms with Crippen molar-refractivity contribution in [2.75, 3.05) is 0 Å². The lowest BCUT2D eigenvalue weighted by atomic mass is 10.1. The van der Waals surface area contributed by atoms with E-state index in [1.807, 2.05) is 36.4 Å². The number of H-pyrrole nitrogens is 1. The van der Waals surface area contributed by atoms with Crippen molar-refractivity contribution in [3.05, 3.63) is 71.8 Å². The van der Waals surface area contributed by atoms with Gasteiger partial charge in [0.25, 0.3) is 0 Å². The van der Waals surface area contributed by atoms with Crippen molar-refractivity contribution in [2.24, 2.45) is 11.5 Å². The highest BCUT2D eigenvalue weighted by atomic mass is 14.9. The number of nitrogen functional groups attached to an aromatic ring is 2. The molecule has 0 fully saturated rings. The van der Waals surface area contributed by atoms with Gasteiger partial charge in [-0.2, -0.15) is 0 Å². The second-order valence-corrected chi connectivity index (χ2v) is 6.13. The van der Waals surface area contributed by atoms with Crippen molar-refractivity contribution < 1.29 is 0 Å². The third-order valence-corrected chi connectivity index (χ3v) is 4.28. The van der Waals surface area contributed by atoms with Crippen molar-refractivity contribution in [1.82, 2.24) is 15.0 Å². The Kier molecular flexibility index (Phi) is 3.89. The molecule has 7 nitrogen and oxygen atoms in total. The normalized spacial score (nSPS) is 10.8. The van der Waals surface area contributed by atoms with Gasteiger partial charge < -0.3 is 16.5 Å².